The third-order valence-electron chi connectivity index (χ3n) is 4.93. The van der Waals surface area contributed by atoms with Gasteiger partial charge < -0.3 is 15.4 Å². The number of aromatic nitrogens is 5. The summed E-state index contributed by atoms with van der Waals surface area (Å²) in [5.41, 5.74) is 7.94. The number of nitrogen functional groups attached to an aromatic ring is 1. The fourth-order valence-electron chi connectivity index (χ4n) is 3.42. The smallest absolute Gasteiger partial charge is 0.230 e. The second-order valence-electron chi connectivity index (χ2n) is 7.43. The van der Waals surface area contributed by atoms with Gasteiger partial charge in [-0.15, -0.1) is 11.3 Å². The third-order valence-corrected chi connectivity index (χ3v) is 6.68. The van der Waals surface area contributed by atoms with Crippen LogP contribution < -0.4 is 15.4 Å². The van der Waals surface area contributed by atoms with Crippen molar-refractivity contribution in [3.05, 3.63) is 36.8 Å². The molecule has 33 heavy (non-hydrogen) atoms. The van der Waals surface area contributed by atoms with Crippen LogP contribution in [0.2, 0.25) is 0 Å². The molecule has 0 amide bonds. The predicted octanol–water partition coefficient (Wildman–Crippen LogP) is 2.00. The number of hydrogen-bond acceptors (Lipinski definition) is 11. The van der Waals surface area contributed by atoms with E-state index in [4.69, 9.17) is 20.4 Å². The number of nitrogens with one attached hydrogen (secondary N) is 1. The molecule has 0 spiro atoms. The summed E-state index contributed by atoms with van der Waals surface area (Å²) in [6.07, 6.45) is 5.94. The van der Waals surface area contributed by atoms with Gasteiger partial charge in [0.15, 0.2) is 11.6 Å². The number of nitrogens with two attached hydrogens (primary N) is 1. The van der Waals surface area contributed by atoms with Gasteiger partial charge in [0.05, 0.1) is 35.2 Å². The Hall–Kier alpha value is -3.42. The lowest BCUT2D eigenvalue weighted by molar-refractivity contribution is 0.122. The van der Waals surface area contributed by atoms with E-state index in [-0.39, 0.29) is 11.8 Å². The van der Waals surface area contributed by atoms with Crippen LogP contribution in [0.15, 0.2) is 36.8 Å². The van der Waals surface area contributed by atoms with Crippen LogP contribution in [0.25, 0.3) is 32.0 Å². The Morgan fingerprint density at radius 3 is 2.45 bits per heavy atom. The Morgan fingerprint density at radius 2 is 1.79 bits per heavy atom. The van der Waals surface area contributed by atoms with E-state index in [0.29, 0.717) is 24.6 Å². The van der Waals surface area contributed by atoms with E-state index < -0.39 is 10.0 Å². The standard InChI is InChI=1S/C20H20N8O3S2/c1-33(29,30)27-16-3-2-12(9-22-16)15-8-14-17(32-15)19(28-4-6-31-7-5-28)26-18(25-14)13-10-23-20(21)24-11-13/h2-3,8-11H,4-7H2,1H3,(H,22,27)(H2,21,23,24). The molecule has 0 atom stereocenters. The van der Waals surface area contributed by atoms with Gasteiger partial charge in [-0.2, -0.15) is 0 Å². The van der Waals surface area contributed by atoms with Crippen molar-refractivity contribution in [2.45, 2.75) is 0 Å². The van der Waals surface area contributed by atoms with E-state index in [1.165, 1.54) is 0 Å². The van der Waals surface area contributed by atoms with Crippen molar-refractivity contribution in [3.8, 4) is 21.8 Å². The molecule has 0 unspecified atom stereocenters. The molecule has 3 N–H and O–H groups in total. The molecule has 0 saturated carbocycles. The van der Waals surface area contributed by atoms with Crippen LogP contribution in [0.3, 0.4) is 0 Å². The summed E-state index contributed by atoms with van der Waals surface area (Å²) in [4.78, 5) is 25.1. The first-order valence-electron chi connectivity index (χ1n) is 10.0. The van der Waals surface area contributed by atoms with E-state index in [1.807, 2.05) is 12.1 Å². The number of morpholine rings is 1. The highest BCUT2D eigenvalue weighted by atomic mass is 32.2. The molecular formula is C20H20N8O3S2. The van der Waals surface area contributed by atoms with E-state index in [0.717, 1.165) is 45.8 Å². The lowest BCUT2D eigenvalue weighted by Crippen LogP contribution is -2.36. The van der Waals surface area contributed by atoms with Gasteiger partial charge in [0, 0.05) is 42.1 Å². The molecular weight excluding hydrogens is 464 g/mol. The fraction of sp³-hybridized carbons (Fsp3) is 0.250. The summed E-state index contributed by atoms with van der Waals surface area (Å²) in [6, 6.07) is 5.43. The van der Waals surface area contributed by atoms with Gasteiger partial charge in [0.1, 0.15) is 5.82 Å². The number of pyridine rings is 1. The normalized spacial score (nSPS) is 14.5. The minimum atomic E-state index is -3.39. The molecule has 1 aliphatic heterocycles. The summed E-state index contributed by atoms with van der Waals surface area (Å²) in [6.45, 7) is 2.71. The minimum Gasteiger partial charge on any atom is -0.378 e. The Balaban J connectivity index is 1.58. The molecule has 170 valence electrons. The minimum absolute atomic E-state index is 0.187. The topological polar surface area (TPSA) is 149 Å². The number of fused-ring (bicyclic) bond motifs is 1. The SMILES string of the molecule is CS(=O)(=O)Nc1ccc(-c2cc3nc(-c4cnc(N)nc4)nc(N4CCOCC4)c3s2)cn1. The summed E-state index contributed by atoms with van der Waals surface area (Å²) in [5.74, 6) is 1.79. The van der Waals surface area contributed by atoms with Crippen LogP contribution in [0.4, 0.5) is 17.6 Å². The first kappa shape index (κ1) is 21.4. The average Bonchev–Trinajstić information content (AvgIpc) is 3.23. The molecule has 5 heterocycles. The number of thiophene rings is 1. The second-order valence-corrected chi connectivity index (χ2v) is 10.2. The second kappa shape index (κ2) is 8.50. The maximum atomic E-state index is 11.4. The van der Waals surface area contributed by atoms with Crippen molar-refractivity contribution in [3.63, 3.8) is 0 Å². The average molecular weight is 485 g/mol. The third kappa shape index (κ3) is 4.69. The van der Waals surface area contributed by atoms with Gasteiger partial charge in [-0.3, -0.25) is 4.72 Å². The maximum Gasteiger partial charge on any atom is 0.230 e. The summed E-state index contributed by atoms with van der Waals surface area (Å²) < 4.78 is 31.7. The Kier molecular flexibility index (Phi) is 5.52. The van der Waals surface area contributed by atoms with Gasteiger partial charge in [-0.05, 0) is 18.2 Å². The number of anilines is 3. The van der Waals surface area contributed by atoms with Gasteiger partial charge in [0.2, 0.25) is 16.0 Å². The van der Waals surface area contributed by atoms with Crippen molar-refractivity contribution in [1.29, 1.82) is 0 Å². The first-order valence-corrected chi connectivity index (χ1v) is 12.7. The van der Waals surface area contributed by atoms with Gasteiger partial charge in [-0.25, -0.2) is 33.3 Å². The predicted molar refractivity (Wildman–Crippen MR) is 128 cm³/mol. The summed E-state index contributed by atoms with van der Waals surface area (Å²) >= 11 is 1.56. The summed E-state index contributed by atoms with van der Waals surface area (Å²) in [5, 5.41) is 0. The lowest BCUT2D eigenvalue weighted by Gasteiger charge is -2.28. The van der Waals surface area contributed by atoms with Crippen molar-refractivity contribution in [2.75, 3.05) is 47.9 Å². The molecule has 4 aromatic rings. The molecule has 0 radical (unpaired) electrons. The van der Waals surface area contributed by atoms with Crippen LogP contribution in [-0.2, 0) is 14.8 Å². The molecule has 11 nitrogen and oxygen atoms in total. The quantitative estimate of drug-likeness (QED) is 0.431. The van der Waals surface area contributed by atoms with E-state index >= 15 is 0 Å². The van der Waals surface area contributed by atoms with Crippen LogP contribution in [0.1, 0.15) is 0 Å². The van der Waals surface area contributed by atoms with Gasteiger partial charge >= 0.3 is 0 Å². The largest absolute Gasteiger partial charge is 0.378 e. The van der Waals surface area contributed by atoms with Crippen molar-refractivity contribution >= 4 is 49.2 Å². The zero-order chi connectivity index (χ0) is 23.0. The fourth-order valence-corrected chi connectivity index (χ4v) is 5.02. The van der Waals surface area contributed by atoms with Crippen LogP contribution >= 0.6 is 11.3 Å². The van der Waals surface area contributed by atoms with Gasteiger partial charge in [0.25, 0.3) is 0 Å². The Morgan fingerprint density at radius 1 is 1.06 bits per heavy atom. The highest BCUT2D eigenvalue weighted by molar-refractivity contribution is 7.92. The molecule has 0 aliphatic carbocycles. The molecule has 1 fully saturated rings. The highest BCUT2D eigenvalue weighted by Crippen LogP contribution is 2.38. The molecule has 1 saturated heterocycles. The number of rotatable bonds is 5. The first-order chi connectivity index (χ1) is 15.9. The molecule has 5 rings (SSSR count). The lowest BCUT2D eigenvalue weighted by atomic mass is 10.2. The number of sulfonamides is 1. The van der Waals surface area contributed by atoms with E-state index in [9.17, 15) is 8.42 Å². The maximum absolute atomic E-state index is 11.4. The molecule has 0 bridgehead atoms. The number of hydrogen-bond donors (Lipinski definition) is 2. The Labute approximate surface area is 193 Å². The van der Waals surface area contributed by atoms with Crippen LogP contribution in [0.5, 0.6) is 0 Å². The number of ether oxygens (including phenoxy) is 1. The van der Waals surface area contributed by atoms with Crippen LogP contribution in [-0.4, -0.2) is 65.9 Å². The molecule has 1 aliphatic rings. The van der Waals surface area contributed by atoms with Crippen LogP contribution in [0, 0.1) is 0 Å². The molecule has 13 heteroatoms. The monoisotopic (exact) mass is 484 g/mol. The van der Waals surface area contributed by atoms with E-state index in [1.54, 1.807) is 36.0 Å². The van der Waals surface area contributed by atoms with Crippen molar-refractivity contribution < 1.29 is 13.2 Å². The highest BCUT2D eigenvalue weighted by Gasteiger charge is 2.21. The number of nitrogens with zero attached hydrogens (tertiary/aromatic N) is 6. The van der Waals surface area contributed by atoms with E-state index in [2.05, 4.69) is 24.6 Å². The van der Waals surface area contributed by atoms with Crippen molar-refractivity contribution in [1.82, 2.24) is 24.9 Å². The van der Waals surface area contributed by atoms with Crippen molar-refractivity contribution in [2.24, 2.45) is 0 Å². The zero-order valence-electron chi connectivity index (χ0n) is 17.6. The van der Waals surface area contributed by atoms with Gasteiger partial charge in [-0.1, -0.05) is 0 Å². The Bertz CT molecular complexity index is 1400. The summed E-state index contributed by atoms with van der Waals surface area (Å²) in [7, 11) is -3.39. The zero-order valence-corrected chi connectivity index (χ0v) is 19.2. The molecule has 0 aromatic carbocycles. The molecule has 4 aromatic heterocycles.